The van der Waals surface area contributed by atoms with Crippen molar-refractivity contribution >= 4 is 12.9 Å². The number of para-hydroxylation sites is 1. The molecule has 0 radical (unpaired) electrons. The van der Waals surface area contributed by atoms with Crippen LogP contribution in [0.5, 0.6) is 5.75 Å². The number of benzene rings is 3. The van der Waals surface area contributed by atoms with Crippen LogP contribution < -0.4 is 9.83 Å². The number of aryl methyl sites for hydroxylation is 1. The normalized spacial score (nSPS) is 13.3. The molecule has 0 amide bonds. The van der Waals surface area contributed by atoms with Gasteiger partial charge in [0.05, 0.1) is 5.30 Å². The van der Waals surface area contributed by atoms with Gasteiger partial charge in [0.2, 0.25) is 0 Å². The minimum atomic E-state index is -3.90. The molecule has 0 bridgehead atoms. The monoisotopic (exact) mass is 338 g/mol. The lowest BCUT2D eigenvalue weighted by atomic mass is 9.97. The molecule has 3 aromatic rings. The molecule has 122 valence electrons. The van der Waals surface area contributed by atoms with E-state index < -0.39 is 7.60 Å². The smallest absolute Gasteiger partial charge is 0.408 e. The summed E-state index contributed by atoms with van der Waals surface area (Å²) in [6.45, 7) is 4.15. The van der Waals surface area contributed by atoms with E-state index >= 15 is 0 Å². The molecule has 0 aliphatic heterocycles. The molecule has 1 N–H and O–H groups in total. The third kappa shape index (κ3) is 3.43. The highest BCUT2D eigenvalue weighted by Crippen LogP contribution is 2.41. The summed E-state index contributed by atoms with van der Waals surface area (Å²) < 4.78 is 17.8. The van der Waals surface area contributed by atoms with Gasteiger partial charge >= 0.3 is 7.60 Å². The Morgan fingerprint density at radius 3 is 2.17 bits per heavy atom. The molecule has 3 nitrogen and oxygen atoms in total. The Labute approximate surface area is 142 Å². The van der Waals surface area contributed by atoms with Gasteiger partial charge in [0.1, 0.15) is 5.75 Å². The van der Waals surface area contributed by atoms with Gasteiger partial charge in [-0.1, -0.05) is 48.5 Å². The van der Waals surface area contributed by atoms with Crippen molar-refractivity contribution in [3.8, 4) is 16.9 Å². The number of hydrogen-bond acceptors (Lipinski definition) is 2. The van der Waals surface area contributed by atoms with Crippen LogP contribution in [-0.4, -0.2) is 4.89 Å². The van der Waals surface area contributed by atoms with E-state index in [4.69, 9.17) is 4.52 Å². The molecule has 0 heterocycles. The second-order valence-electron chi connectivity index (χ2n) is 5.72. The van der Waals surface area contributed by atoms with Crippen LogP contribution >= 0.6 is 7.60 Å². The van der Waals surface area contributed by atoms with Crippen molar-refractivity contribution < 1.29 is 14.0 Å². The molecule has 0 aliphatic rings. The molecule has 0 saturated carbocycles. The minimum Gasteiger partial charge on any atom is -0.421 e. The zero-order valence-electron chi connectivity index (χ0n) is 13.6. The van der Waals surface area contributed by atoms with Crippen molar-refractivity contribution in [2.24, 2.45) is 0 Å². The maximum absolute atomic E-state index is 12.5. The molecule has 1 atom stereocenters. The molecule has 0 aliphatic carbocycles. The van der Waals surface area contributed by atoms with E-state index in [1.54, 1.807) is 36.4 Å². The average molecular weight is 338 g/mol. The van der Waals surface area contributed by atoms with Crippen molar-refractivity contribution in [1.82, 2.24) is 0 Å². The molecule has 0 aromatic heterocycles. The van der Waals surface area contributed by atoms with Crippen LogP contribution in [0.25, 0.3) is 11.1 Å². The largest absolute Gasteiger partial charge is 0.421 e. The maximum Gasteiger partial charge on any atom is 0.408 e. The van der Waals surface area contributed by atoms with Crippen molar-refractivity contribution in [2.45, 2.75) is 13.8 Å². The van der Waals surface area contributed by atoms with Gasteiger partial charge < -0.3 is 9.42 Å². The minimum absolute atomic E-state index is 0.278. The Bertz CT molecular complexity index is 887. The van der Waals surface area contributed by atoms with Crippen LogP contribution in [-0.2, 0) is 4.57 Å². The fraction of sp³-hybridized carbons (Fsp3) is 0.100. The van der Waals surface area contributed by atoms with Gasteiger partial charge in [-0.25, -0.2) is 4.57 Å². The van der Waals surface area contributed by atoms with Crippen molar-refractivity contribution in [1.29, 1.82) is 0 Å². The molecule has 3 rings (SSSR count). The summed E-state index contributed by atoms with van der Waals surface area (Å²) in [6.07, 6.45) is 0. The van der Waals surface area contributed by atoms with Gasteiger partial charge in [0.15, 0.2) is 0 Å². The van der Waals surface area contributed by atoms with E-state index in [1.807, 2.05) is 24.3 Å². The molecule has 0 spiro atoms. The fourth-order valence-corrected chi connectivity index (χ4v) is 3.61. The molecule has 0 saturated heterocycles. The van der Waals surface area contributed by atoms with E-state index in [-0.39, 0.29) is 5.30 Å². The van der Waals surface area contributed by atoms with E-state index in [0.29, 0.717) is 5.75 Å². The van der Waals surface area contributed by atoms with Crippen LogP contribution in [0.2, 0.25) is 0 Å². The fourth-order valence-electron chi connectivity index (χ4n) is 2.57. The lowest BCUT2D eigenvalue weighted by Crippen LogP contribution is -2.08. The predicted molar refractivity (Wildman–Crippen MR) is 97.9 cm³/mol. The SMILES string of the molecule is Cc1cccc(-c2ccc(P(=O)(O)Oc3ccccc3)cc2)c1C. The zero-order valence-corrected chi connectivity index (χ0v) is 14.5. The maximum atomic E-state index is 12.5. The van der Waals surface area contributed by atoms with E-state index in [2.05, 4.69) is 26.0 Å². The lowest BCUT2D eigenvalue weighted by Gasteiger charge is -2.14. The summed E-state index contributed by atoms with van der Waals surface area (Å²) in [4.78, 5) is 10.2. The second-order valence-corrected chi connectivity index (χ2v) is 7.46. The quantitative estimate of drug-likeness (QED) is 0.691. The van der Waals surface area contributed by atoms with E-state index in [1.165, 1.54) is 11.1 Å². The summed E-state index contributed by atoms with van der Waals surface area (Å²) in [5.74, 6) is 0.377. The van der Waals surface area contributed by atoms with Crippen LogP contribution in [0, 0.1) is 13.8 Å². The number of rotatable bonds is 4. The highest BCUT2D eigenvalue weighted by Gasteiger charge is 2.24. The Hall–Kier alpha value is -2.35. The molecule has 1 unspecified atom stereocenters. The predicted octanol–water partition coefficient (Wildman–Crippen LogP) is 4.86. The second kappa shape index (κ2) is 6.64. The van der Waals surface area contributed by atoms with Crippen molar-refractivity contribution in [3.05, 3.63) is 83.9 Å². The Morgan fingerprint density at radius 2 is 1.50 bits per heavy atom. The first kappa shape index (κ1) is 16.5. The van der Waals surface area contributed by atoms with Gasteiger partial charge in [0, 0.05) is 0 Å². The first-order chi connectivity index (χ1) is 11.5. The lowest BCUT2D eigenvalue weighted by molar-refractivity contribution is 0.393. The van der Waals surface area contributed by atoms with Gasteiger partial charge in [-0.05, 0) is 60.4 Å². The molecule has 24 heavy (non-hydrogen) atoms. The Kier molecular flexibility index (Phi) is 4.57. The third-order valence-electron chi connectivity index (χ3n) is 4.08. The summed E-state index contributed by atoms with van der Waals surface area (Å²) >= 11 is 0. The topological polar surface area (TPSA) is 46.5 Å². The summed E-state index contributed by atoms with van der Waals surface area (Å²) in [5.41, 5.74) is 4.56. The Balaban J connectivity index is 1.89. The standard InChI is InChI=1S/C20H19O3P/c1-15-7-6-10-20(16(15)2)17-11-13-19(14-12-17)24(21,22)23-18-8-4-3-5-9-18/h3-14H,1-2H3,(H,21,22). The molecule has 4 heteroatoms. The molecule has 3 aromatic carbocycles. The highest BCUT2D eigenvalue weighted by molar-refractivity contribution is 7.61. The van der Waals surface area contributed by atoms with Crippen LogP contribution in [0.15, 0.2) is 72.8 Å². The van der Waals surface area contributed by atoms with Crippen LogP contribution in [0.4, 0.5) is 0 Å². The summed E-state index contributed by atoms with van der Waals surface area (Å²) in [6, 6.07) is 21.8. The average Bonchev–Trinajstić information content (AvgIpc) is 2.58. The first-order valence-electron chi connectivity index (χ1n) is 7.72. The summed E-state index contributed by atoms with van der Waals surface area (Å²) in [5, 5.41) is 0.278. The van der Waals surface area contributed by atoms with Gasteiger partial charge in [-0.15, -0.1) is 0 Å². The van der Waals surface area contributed by atoms with Crippen LogP contribution in [0.1, 0.15) is 11.1 Å². The van der Waals surface area contributed by atoms with Gasteiger partial charge in [-0.2, -0.15) is 0 Å². The number of hydrogen-bond donors (Lipinski definition) is 1. The first-order valence-corrected chi connectivity index (χ1v) is 9.30. The Morgan fingerprint density at radius 1 is 0.833 bits per heavy atom. The zero-order chi connectivity index (χ0) is 17.2. The van der Waals surface area contributed by atoms with Crippen molar-refractivity contribution in [3.63, 3.8) is 0 Å². The molecule has 0 fully saturated rings. The van der Waals surface area contributed by atoms with E-state index in [9.17, 15) is 9.46 Å². The molecular weight excluding hydrogens is 319 g/mol. The van der Waals surface area contributed by atoms with E-state index in [0.717, 1.165) is 11.1 Å². The van der Waals surface area contributed by atoms with Gasteiger partial charge in [0.25, 0.3) is 0 Å². The third-order valence-corrected chi connectivity index (χ3v) is 5.49. The van der Waals surface area contributed by atoms with Crippen LogP contribution in [0.3, 0.4) is 0 Å². The molecular formula is C20H19O3P. The highest BCUT2D eigenvalue weighted by atomic mass is 31.2. The van der Waals surface area contributed by atoms with Crippen molar-refractivity contribution in [2.75, 3.05) is 0 Å². The van der Waals surface area contributed by atoms with Gasteiger partial charge in [-0.3, -0.25) is 0 Å². The summed E-state index contributed by atoms with van der Waals surface area (Å²) in [7, 11) is -3.90.